The summed E-state index contributed by atoms with van der Waals surface area (Å²) in [6.07, 6.45) is 3.69. The number of ether oxygens (including phenoxy) is 1. The SMILES string of the molecule is O=C(C#Cc1ccccc1)OC/C=C/c1ccccc1. The van der Waals surface area contributed by atoms with Crippen LogP contribution in [-0.4, -0.2) is 12.6 Å². The molecule has 20 heavy (non-hydrogen) atoms. The zero-order valence-electron chi connectivity index (χ0n) is 11.0. The standard InChI is InChI=1S/C18H14O2/c19-18(14-13-17-10-5-2-6-11-17)20-15-7-12-16-8-3-1-4-9-16/h1-12H,15H2/b12-7+. The van der Waals surface area contributed by atoms with Crippen molar-refractivity contribution in [3.63, 3.8) is 0 Å². The molecule has 2 rings (SSSR count). The van der Waals surface area contributed by atoms with E-state index in [-0.39, 0.29) is 6.61 Å². The number of benzene rings is 2. The largest absolute Gasteiger partial charge is 0.452 e. The highest BCUT2D eigenvalue weighted by Gasteiger charge is 1.93. The third-order valence-corrected chi connectivity index (χ3v) is 2.50. The van der Waals surface area contributed by atoms with E-state index < -0.39 is 5.97 Å². The van der Waals surface area contributed by atoms with E-state index in [2.05, 4.69) is 11.8 Å². The van der Waals surface area contributed by atoms with E-state index in [1.807, 2.05) is 66.7 Å². The van der Waals surface area contributed by atoms with E-state index in [0.29, 0.717) is 0 Å². The van der Waals surface area contributed by atoms with Crippen LogP contribution in [0.15, 0.2) is 66.7 Å². The molecule has 98 valence electrons. The maximum absolute atomic E-state index is 11.4. The lowest BCUT2D eigenvalue weighted by molar-refractivity contribution is -0.135. The van der Waals surface area contributed by atoms with Gasteiger partial charge in [0.2, 0.25) is 0 Å². The van der Waals surface area contributed by atoms with Crippen LogP contribution in [0.1, 0.15) is 11.1 Å². The molecule has 0 aromatic heterocycles. The Morgan fingerprint density at radius 1 is 1.00 bits per heavy atom. The van der Waals surface area contributed by atoms with Gasteiger partial charge in [0, 0.05) is 11.5 Å². The number of hydrogen-bond acceptors (Lipinski definition) is 2. The van der Waals surface area contributed by atoms with Gasteiger partial charge >= 0.3 is 5.97 Å². The molecule has 0 atom stereocenters. The minimum atomic E-state index is -0.522. The average Bonchev–Trinajstić information content (AvgIpc) is 2.52. The first-order valence-electron chi connectivity index (χ1n) is 6.30. The molecule has 2 nitrogen and oxygen atoms in total. The molecular formula is C18H14O2. The van der Waals surface area contributed by atoms with Crippen LogP contribution in [0.4, 0.5) is 0 Å². The van der Waals surface area contributed by atoms with Crippen LogP contribution in [-0.2, 0) is 9.53 Å². The fourth-order valence-electron chi connectivity index (χ4n) is 1.55. The Labute approximate surface area is 118 Å². The summed E-state index contributed by atoms with van der Waals surface area (Å²) in [7, 11) is 0. The van der Waals surface area contributed by atoms with Gasteiger partial charge in [-0.25, -0.2) is 4.79 Å². The van der Waals surface area contributed by atoms with Gasteiger partial charge < -0.3 is 4.74 Å². The van der Waals surface area contributed by atoms with Crippen LogP contribution in [0.3, 0.4) is 0 Å². The molecule has 2 aromatic rings. The van der Waals surface area contributed by atoms with E-state index in [9.17, 15) is 4.79 Å². The molecule has 0 bridgehead atoms. The lowest BCUT2D eigenvalue weighted by atomic mass is 10.2. The molecule has 0 fully saturated rings. The Morgan fingerprint density at radius 3 is 2.35 bits per heavy atom. The fraction of sp³-hybridized carbons (Fsp3) is 0.0556. The number of hydrogen-bond donors (Lipinski definition) is 0. The Bertz CT molecular complexity index is 631. The number of carbonyl (C=O) groups excluding carboxylic acids is 1. The number of rotatable bonds is 3. The first-order valence-corrected chi connectivity index (χ1v) is 6.30. The molecule has 0 aliphatic heterocycles. The second-order valence-corrected chi connectivity index (χ2v) is 4.03. The lowest BCUT2D eigenvalue weighted by Crippen LogP contribution is -2.00. The van der Waals surface area contributed by atoms with Crippen molar-refractivity contribution in [2.75, 3.05) is 6.61 Å². The molecule has 0 aliphatic rings. The quantitative estimate of drug-likeness (QED) is 0.626. The van der Waals surface area contributed by atoms with Crippen LogP contribution in [0.25, 0.3) is 6.08 Å². The maximum Gasteiger partial charge on any atom is 0.385 e. The average molecular weight is 262 g/mol. The summed E-state index contributed by atoms with van der Waals surface area (Å²) in [4.78, 5) is 11.4. The molecule has 0 heterocycles. The highest BCUT2D eigenvalue weighted by Crippen LogP contribution is 2.00. The van der Waals surface area contributed by atoms with E-state index in [1.165, 1.54) is 0 Å². The van der Waals surface area contributed by atoms with Gasteiger partial charge in [0.25, 0.3) is 0 Å². The zero-order valence-corrected chi connectivity index (χ0v) is 11.0. The van der Waals surface area contributed by atoms with Crippen LogP contribution in [0, 0.1) is 11.8 Å². The van der Waals surface area contributed by atoms with E-state index in [0.717, 1.165) is 11.1 Å². The first-order chi connectivity index (χ1) is 9.84. The first kappa shape index (κ1) is 13.6. The molecule has 0 spiro atoms. The monoisotopic (exact) mass is 262 g/mol. The zero-order chi connectivity index (χ0) is 14.0. The molecule has 0 radical (unpaired) electrons. The highest BCUT2D eigenvalue weighted by molar-refractivity contribution is 5.89. The molecule has 0 amide bonds. The number of carbonyl (C=O) groups is 1. The van der Waals surface area contributed by atoms with Gasteiger partial charge in [-0.2, -0.15) is 0 Å². The molecule has 2 heteroatoms. The maximum atomic E-state index is 11.4. The summed E-state index contributed by atoms with van der Waals surface area (Å²) in [5.74, 6) is 4.69. The van der Waals surface area contributed by atoms with Gasteiger partial charge in [0.05, 0.1) is 0 Å². The third-order valence-electron chi connectivity index (χ3n) is 2.50. The third kappa shape index (κ3) is 4.83. The minimum Gasteiger partial charge on any atom is -0.452 e. The van der Waals surface area contributed by atoms with E-state index in [1.54, 1.807) is 6.08 Å². The molecular weight excluding hydrogens is 248 g/mol. The van der Waals surface area contributed by atoms with Crippen molar-refractivity contribution < 1.29 is 9.53 Å². The summed E-state index contributed by atoms with van der Waals surface area (Å²) in [5, 5.41) is 0. The van der Waals surface area contributed by atoms with Gasteiger partial charge in [-0.15, -0.1) is 0 Å². The summed E-state index contributed by atoms with van der Waals surface area (Å²) in [5.41, 5.74) is 1.86. The fourth-order valence-corrected chi connectivity index (χ4v) is 1.55. The molecule has 0 unspecified atom stereocenters. The van der Waals surface area contributed by atoms with Crippen molar-refractivity contribution in [3.05, 3.63) is 77.9 Å². The normalized spacial score (nSPS) is 9.80. The molecule has 0 N–H and O–H groups in total. The van der Waals surface area contributed by atoms with Crippen molar-refractivity contribution in [2.24, 2.45) is 0 Å². The van der Waals surface area contributed by atoms with Crippen LogP contribution >= 0.6 is 0 Å². The Hall–Kier alpha value is -2.79. The van der Waals surface area contributed by atoms with Gasteiger partial charge in [0.1, 0.15) is 6.61 Å². The predicted molar refractivity (Wildman–Crippen MR) is 79.8 cm³/mol. The highest BCUT2D eigenvalue weighted by atomic mass is 16.5. The second-order valence-electron chi connectivity index (χ2n) is 4.03. The number of esters is 1. The minimum absolute atomic E-state index is 0.219. The summed E-state index contributed by atoms with van der Waals surface area (Å²) < 4.78 is 4.99. The van der Waals surface area contributed by atoms with Crippen LogP contribution in [0.2, 0.25) is 0 Å². The van der Waals surface area contributed by atoms with Gasteiger partial charge in [0.15, 0.2) is 0 Å². The Kier molecular flexibility index (Phi) is 5.18. The molecule has 2 aromatic carbocycles. The van der Waals surface area contributed by atoms with Gasteiger partial charge in [-0.1, -0.05) is 60.5 Å². The van der Waals surface area contributed by atoms with Crippen LogP contribution in [0.5, 0.6) is 0 Å². The summed E-state index contributed by atoms with van der Waals surface area (Å²) in [6.45, 7) is 0.219. The van der Waals surface area contributed by atoms with Crippen molar-refractivity contribution in [2.45, 2.75) is 0 Å². The predicted octanol–water partition coefficient (Wildman–Crippen LogP) is 3.29. The van der Waals surface area contributed by atoms with Crippen molar-refractivity contribution in [1.82, 2.24) is 0 Å². The van der Waals surface area contributed by atoms with E-state index >= 15 is 0 Å². The van der Waals surface area contributed by atoms with Crippen molar-refractivity contribution >= 4 is 12.0 Å². The van der Waals surface area contributed by atoms with Gasteiger partial charge in [-0.3, -0.25) is 0 Å². The van der Waals surface area contributed by atoms with Crippen molar-refractivity contribution in [1.29, 1.82) is 0 Å². The molecule has 0 aliphatic carbocycles. The second kappa shape index (κ2) is 7.60. The summed E-state index contributed by atoms with van der Waals surface area (Å²) in [6, 6.07) is 19.2. The Balaban J connectivity index is 1.79. The van der Waals surface area contributed by atoms with Gasteiger partial charge in [-0.05, 0) is 23.8 Å². The topological polar surface area (TPSA) is 26.3 Å². The van der Waals surface area contributed by atoms with E-state index in [4.69, 9.17) is 4.74 Å². The van der Waals surface area contributed by atoms with Crippen molar-refractivity contribution in [3.8, 4) is 11.8 Å². The Morgan fingerprint density at radius 2 is 1.65 bits per heavy atom. The lowest BCUT2D eigenvalue weighted by Gasteiger charge is -1.95. The summed E-state index contributed by atoms with van der Waals surface area (Å²) >= 11 is 0. The molecule has 0 saturated carbocycles. The van der Waals surface area contributed by atoms with Crippen LogP contribution < -0.4 is 0 Å². The smallest absolute Gasteiger partial charge is 0.385 e. The molecule has 0 saturated heterocycles.